The summed E-state index contributed by atoms with van der Waals surface area (Å²) in [5.74, 6) is 0. The fourth-order valence-electron chi connectivity index (χ4n) is 0.679. The van der Waals surface area contributed by atoms with Crippen LogP contribution in [0.2, 0.25) is 0 Å². The Morgan fingerprint density at radius 1 is 1.17 bits per heavy atom. The van der Waals surface area contributed by atoms with Crippen molar-refractivity contribution in [3.8, 4) is 0 Å². The highest BCUT2D eigenvalue weighted by atomic mass is 16.5. The van der Waals surface area contributed by atoms with Crippen LogP contribution in [0.15, 0.2) is 0 Å². The Labute approximate surface area is 74.7 Å². The molecule has 2 atom stereocenters. The Bertz CT molecular complexity index is 93.8. The molecule has 1 N–H and O–H groups in total. The molecule has 0 spiro atoms. The minimum Gasteiger partial charge on any atom is -0.391 e. The molecule has 0 saturated carbocycles. The van der Waals surface area contributed by atoms with Crippen LogP contribution in [0.4, 0.5) is 0 Å². The minimum absolute atomic E-state index is 0.102. The summed E-state index contributed by atoms with van der Waals surface area (Å²) in [6, 6.07) is 0. The largest absolute Gasteiger partial charge is 0.391 e. The van der Waals surface area contributed by atoms with E-state index in [1.54, 1.807) is 6.92 Å². The van der Waals surface area contributed by atoms with Gasteiger partial charge in [0.05, 0.1) is 25.4 Å². The van der Waals surface area contributed by atoms with Gasteiger partial charge in [0.2, 0.25) is 0 Å². The zero-order valence-corrected chi connectivity index (χ0v) is 8.25. The molecule has 0 aliphatic heterocycles. The van der Waals surface area contributed by atoms with E-state index in [1.807, 2.05) is 6.92 Å². The zero-order chi connectivity index (χ0) is 9.40. The molecule has 0 aromatic carbocycles. The maximum absolute atomic E-state index is 9.06. The summed E-state index contributed by atoms with van der Waals surface area (Å²) < 4.78 is 10.5. The molecule has 0 aliphatic carbocycles. The van der Waals surface area contributed by atoms with Crippen LogP contribution in [0.3, 0.4) is 0 Å². The highest BCUT2D eigenvalue weighted by Crippen LogP contribution is 1.96. The molecule has 0 fully saturated rings. The van der Waals surface area contributed by atoms with Crippen LogP contribution in [0.25, 0.3) is 0 Å². The van der Waals surface area contributed by atoms with E-state index in [0.717, 1.165) is 13.0 Å². The van der Waals surface area contributed by atoms with Crippen molar-refractivity contribution in [2.45, 2.75) is 39.4 Å². The predicted octanol–water partition coefficient (Wildman–Crippen LogP) is 1.20. The highest BCUT2D eigenvalue weighted by Gasteiger charge is 2.07. The second kappa shape index (κ2) is 7.53. The Balaban J connectivity index is 3.08. The summed E-state index contributed by atoms with van der Waals surface area (Å²) in [5.41, 5.74) is 0. The number of rotatable bonds is 7. The van der Waals surface area contributed by atoms with E-state index in [2.05, 4.69) is 6.92 Å². The molecule has 0 radical (unpaired) electrons. The van der Waals surface area contributed by atoms with Gasteiger partial charge in [0.1, 0.15) is 0 Å². The molecule has 12 heavy (non-hydrogen) atoms. The molecule has 0 aromatic rings. The Morgan fingerprint density at radius 2 is 1.83 bits per heavy atom. The number of hydrogen-bond acceptors (Lipinski definition) is 3. The summed E-state index contributed by atoms with van der Waals surface area (Å²) in [5, 5.41) is 9.06. The van der Waals surface area contributed by atoms with Crippen LogP contribution in [-0.4, -0.2) is 37.1 Å². The van der Waals surface area contributed by atoms with E-state index in [1.165, 1.54) is 0 Å². The first-order chi connectivity index (χ1) is 5.68. The molecule has 0 bridgehead atoms. The smallest absolute Gasteiger partial charge is 0.0804 e. The van der Waals surface area contributed by atoms with Crippen molar-refractivity contribution >= 4 is 0 Å². The molecule has 3 nitrogen and oxygen atoms in total. The van der Waals surface area contributed by atoms with E-state index in [0.29, 0.717) is 13.2 Å². The average Bonchev–Trinajstić information content (AvgIpc) is 2.03. The molecule has 0 aliphatic rings. The lowest BCUT2D eigenvalue weighted by atomic mass is 10.3. The lowest BCUT2D eigenvalue weighted by Gasteiger charge is -2.15. The number of ether oxygens (including phenoxy) is 2. The molecular weight excluding hydrogens is 156 g/mol. The fourth-order valence-corrected chi connectivity index (χ4v) is 0.679. The highest BCUT2D eigenvalue weighted by molar-refractivity contribution is 4.56. The van der Waals surface area contributed by atoms with Gasteiger partial charge in [-0.2, -0.15) is 0 Å². The van der Waals surface area contributed by atoms with Crippen molar-refractivity contribution in [2.24, 2.45) is 0 Å². The van der Waals surface area contributed by atoms with Gasteiger partial charge in [-0.3, -0.25) is 0 Å². The van der Waals surface area contributed by atoms with Crippen LogP contribution < -0.4 is 0 Å². The van der Waals surface area contributed by atoms with Gasteiger partial charge in [-0.05, 0) is 20.3 Å². The van der Waals surface area contributed by atoms with E-state index in [9.17, 15) is 0 Å². The second-order valence-electron chi connectivity index (χ2n) is 2.93. The van der Waals surface area contributed by atoms with Crippen molar-refractivity contribution in [1.82, 2.24) is 0 Å². The molecule has 74 valence electrons. The zero-order valence-electron chi connectivity index (χ0n) is 8.25. The monoisotopic (exact) mass is 176 g/mol. The van der Waals surface area contributed by atoms with Crippen LogP contribution >= 0.6 is 0 Å². The van der Waals surface area contributed by atoms with Gasteiger partial charge in [-0.25, -0.2) is 0 Å². The van der Waals surface area contributed by atoms with Crippen molar-refractivity contribution in [1.29, 1.82) is 0 Å². The van der Waals surface area contributed by atoms with E-state index >= 15 is 0 Å². The van der Waals surface area contributed by atoms with Gasteiger partial charge in [-0.1, -0.05) is 6.92 Å². The van der Waals surface area contributed by atoms with Crippen molar-refractivity contribution < 1.29 is 14.6 Å². The first kappa shape index (κ1) is 11.9. The topological polar surface area (TPSA) is 38.7 Å². The van der Waals surface area contributed by atoms with Gasteiger partial charge < -0.3 is 14.6 Å². The van der Waals surface area contributed by atoms with Crippen LogP contribution in [0.5, 0.6) is 0 Å². The maximum Gasteiger partial charge on any atom is 0.0804 e. The van der Waals surface area contributed by atoms with Gasteiger partial charge in [-0.15, -0.1) is 0 Å². The molecule has 0 aromatic heterocycles. The van der Waals surface area contributed by atoms with E-state index in [-0.39, 0.29) is 6.10 Å². The number of hydrogen-bond donors (Lipinski definition) is 1. The molecule has 0 heterocycles. The number of aliphatic hydroxyl groups is 1. The lowest BCUT2D eigenvalue weighted by molar-refractivity contribution is -0.0404. The summed E-state index contributed by atoms with van der Waals surface area (Å²) >= 11 is 0. The third kappa shape index (κ3) is 6.58. The molecular formula is C9H20O3. The van der Waals surface area contributed by atoms with Crippen molar-refractivity contribution in [3.05, 3.63) is 0 Å². The van der Waals surface area contributed by atoms with Crippen molar-refractivity contribution in [3.63, 3.8) is 0 Å². The van der Waals surface area contributed by atoms with E-state index < -0.39 is 6.10 Å². The van der Waals surface area contributed by atoms with Gasteiger partial charge in [0, 0.05) is 6.61 Å². The van der Waals surface area contributed by atoms with Crippen LogP contribution in [0.1, 0.15) is 27.2 Å². The lowest BCUT2D eigenvalue weighted by Crippen LogP contribution is -2.24. The minimum atomic E-state index is -0.406. The molecule has 1 unspecified atom stereocenters. The van der Waals surface area contributed by atoms with E-state index in [4.69, 9.17) is 14.6 Å². The SMILES string of the molecule is CCCOCCOC(C)[C@H](C)O. The predicted molar refractivity (Wildman–Crippen MR) is 48.2 cm³/mol. The quantitative estimate of drug-likeness (QED) is 0.592. The Morgan fingerprint density at radius 3 is 2.33 bits per heavy atom. The van der Waals surface area contributed by atoms with Crippen LogP contribution in [-0.2, 0) is 9.47 Å². The Hall–Kier alpha value is -0.120. The molecule has 3 heteroatoms. The van der Waals surface area contributed by atoms with Gasteiger partial charge in [0.25, 0.3) is 0 Å². The first-order valence-electron chi connectivity index (χ1n) is 4.56. The summed E-state index contributed by atoms with van der Waals surface area (Å²) in [7, 11) is 0. The van der Waals surface area contributed by atoms with Gasteiger partial charge in [0.15, 0.2) is 0 Å². The summed E-state index contributed by atoms with van der Waals surface area (Å²) in [6.45, 7) is 7.60. The summed E-state index contributed by atoms with van der Waals surface area (Å²) in [6.07, 6.45) is 0.526. The van der Waals surface area contributed by atoms with Crippen LogP contribution in [0, 0.1) is 0 Å². The molecule has 0 saturated heterocycles. The third-order valence-electron chi connectivity index (χ3n) is 1.64. The Kier molecular flexibility index (Phi) is 7.45. The molecule has 0 rings (SSSR count). The van der Waals surface area contributed by atoms with Crippen molar-refractivity contribution in [2.75, 3.05) is 19.8 Å². The third-order valence-corrected chi connectivity index (χ3v) is 1.64. The van der Waals surface area contributed by atoms with Gasteiger partial charge >= 0.3 is 0 Å². The standard InChI is InChI=1S/C9H20O3/c1-4-5-11-6-7-12-9(3)8(2)10/h8-10H,4-7H2,1-3H3/t8-,9?/m0/s1. The normalized spacial score (nSPS) is 16.0. The summed E-state index contributed by atoms with van der Waals surface area (Å²) in [4.78, 5) is 0. The molecule has 0 amide bonds. The fraction of sp³-hybridized carbons (Fsp3) is 1.00. The average molecular weight is 176 g/mol. The second-order valence-corrected chi connectivity index (χ2v) is 2.93. The first-order valence-corrected chi connectivity index (χ1v) is 4.56. The maximum atomic E-state index is 9.06. The number of aliphatic hydroxyl groups excluding tert-OH is 1.